The molecule has 1 unspecified atom stereocenters. The molecule has 16 heavy (non-hydrogen) atoms. The van der Waals surface area contributed by atoms with Crippen molar-refractivity contribution >= 4 is 11.5 Å². The second-order valence-corrected chi connectivity index (χ2v) is 4.93. The highest BCUT2D eigenvalue weighted by Crippen LogP contribution is 2.51. The maximum Gasteiger partial charge on any atom is 0.274 e. The fourth-order valence-corrected chi connectivity index (χ4v) is 1.78. The first-order chi connectivity index (χ1) is 7.49. The van der Waals surface area contributed by atoms with Gasteiger partial charge in [0.1, 0.15) is 5.82 Å². The fraction of sp³-hybridized carbons (Fsp3) is 0.545. The van der Waals surface area contributed by atoms with Crippen LogP contribution in [0.2, 0.25) is 0 Å². The third kappa shape index (κ3) is 2.29. The molecule has 1 fully saturated rings. The molecule has 5 heteroatoms. The first-order valence-electron chi connectivity index (χ1n) is 5.33. The van der Waals surface area contributed by atoms with Crippen LogP contribution in [0, 0.1) is 21.4 Å². The van der Waals surface area contributed by atoms with Crippen LogP contribution in [0.1, 0.15) is 20.3 Å². The summed E-state index contributed by atoms with van der Waals surface area (Å²) in [6.07, 6.45) is 2.66. The van der Waals surface area contributed by atoms with Crippen molar-refractivity contribution in [2.24, 2.45) is 11.3 Å². The largest absolute Gasteiger partial charge is 0.370 e. The molecule has 5 nitrogen and oxygen atoms in total. The van der Waals surface area contributed by atoms with Crippen LogP contribution in [0.25, 0.3) is 0 Å². The summed E-state index contributed by atoms with van der Waals surface area (Å²) in [5.74, 6) is 1.23. The van der Waals surface area contributed by atoms with Crippen molar-refractivity contribution in [3.63, 3.8) is 0 Å². The molecule has 0 amide bonds. The molecule has 2 rings (SSSR count). The molecule has 1 saturated carbocycles. The van der Waals surface area contributed by atoms with Crippen molar-refractivity contribution in [1.82, 2.24) is 4.98 Å². The normalized spacial score (nSPS) is 21.5. The lowest BCUT2D eigenvalue weighted by Crippen LogP contribution is -2.08. The van der Waals surface area contributed by atoms with Crippen LogP contribution in [-0.4, -0.2) is 16.5 Å². The number of aromatic nitrogens is 1. The lowest BCUT2D eigenvalue weighted by Gasteiger charge is -2.06. The molecule has 0 bridgehead atoms. The van der Waals surface area contributed by atoms with Gasteiger partial charge >= 0.3 is 0 Å². The zero-order valence-corrected chi connectivity index (χ0v) is 9.43. The van der Waals surface area contributed by atoms with Crippen LogP contribution in [0.5, 0.6) is 0 Å². The Hall–Kier alpha value is -1.65. The van der Waals surface area contributed by atoms with Crippen LogP contribution in [0.3, 0.4) is 0 Å². The van der Waals surface area contributed by atoms with Gasteiger partial charge in [-0.2, -0.15) is 0 Å². The molecule has 1 aromatic heterocycles. The summed E-state index contributed by atoms with van der Waals surface area (Å²) in [5, 5.41) is 13.7. The molecular formula is C11H15N3O2. The van der Waals surface area contributed by atoms with E-state index >= 15 is 0 Å². The van der Waals surface area contributed by atoms with E-state index in [1.54, 1.807) is 0 Å². The van der Waals surface area contributed by atoms with Gasteiger partial charge in [-0.3, -0.25) is 10.1 Å². The van der Waals surface area contributed by atoms with Crippen LogP contribution in [0.15, 0.2) is 18.3 Å². The fourth-order valence-electron chi connectivity index (χ4n) is 1.78. The maximum atomic E-state index is 10.6. The molecule has 0 aromatic carbocycles. The summed E-state index contributed by atoms with van der Waals surface area (Å²) >= 11 is 0. The van der Waals surface area contributed by atoms with Gasteiger partial charge in [0.2, 0.25) is 0 Å². The molecule has 1 aromatic rings. The van der Waals surface area contributed by atoms with Crippen LogP contribution < -0.4 is 5.32 Å². The SMILES string of the molecule is CC1(C)CC1CNc1cc([N+](=O)[O-])ccn1. The minimum Gasteiger partial charge on any atom is -0.370 e. The lowest BCUT2D eigenvalue weighted by molar-refractivity contribution is -0.384. The number of nitrogens with zero attached hydrogens (tertiary/aromatic N) is 2. The van der Waals surface area contributed by atoms with E-state index in [0.29, 0.717) is 17.2 Å². The molecular weight excluding hydrogens is 206 g/mol. The zero-order chi connectivity index (χ0) is 11.8. The molecule has 1 aliphatic carbocycles. The quantitative estimate of drug-likeness (QED) is 0.626. The number of nitrogens with one attached hydrogen (secondary N) is 1. The topological polar surface area (TPSA) is 68.1 Å². The van der Waals surface area contributed by atoms with Gasteiger partial charge in [-0.1, -0.05) is 13.8 Å². The number of hydrogen-bond donors (Lipinski definition) is 1. The van der Waals surface area contributed by atoms with E-state index in [2.05, 4.69) is 24.1 Å². The van der Waals surface area contributed by atoms with Crippen molar-refractivity contribution in [3.8, 4) is 0 Å². The number of nitro groups is 1. The lowest BCUT2D eigenvalue weighted by atomic mass is 10.1. The van der Waals surface area contributed by atoms with Gasteiger partial charge < -0.3 is 5.32 Å². The Bertz CT molecular complexity index is 417. The van der Waals surface area contributed by atoms with E-state index in [4.69, 9.17) is 0 Å². The molecule has 1 N–H and O–H groups in total. The van der Waals surface area contributed by atoms with Crippen molar-refractivity contribution in [1.29, 1.82) is 0 Å². The maximum absolute atomic E-state index is 10.6. The van der Waals surface area contributed by atoms with E-state index < -0.39 is 4.92 Å². The third-order valence-corrected chi connectivity index (χ3v) is 3.20. The summed E-state index contributed by atoms with van der Waals surface area (Å²) in [5.41, 5.74) is 0.487. The predicted molar refractivity (Wildman–Crippen MR) is 61.3 cm³/mol. The highest BCUT2D eigenvalue weighted by atomic mass is 16.6. The van der Waals surface area contributed by atoms with Gasteiger partial charge in [0.25, 0.3) is 5.69 Å². The highest BCUT2D eigenvalue weighted by molar-refractivity contribution is 5.44. The van der Waals surface area contributed by atoms with E-state index in [9.17, 15) is 10.1 Å². The average molecular weight is 221 g/mol. The van der Waals surface area contributed by atoms with Gasteiger partial charge in [-0.25, -0.2) is 4.98 Å². The molecule has 1 heterocycles. The summed E-state index contributed by atoms with van der Waals surface area (Å²) in [7, 11) is 0. The predicted octanol–water partition coefficient (Wildman–Crippen LogP) is 2.45. The standard InChI is InChI=1S/C11H15N3O2/c1-11(2)6-8(11)7-13-10-5-9(14(15)16)3-4-12-10/h3-5,8H,6-7H2,1-2H3,(H,12,13). The summed E-state index contributed by atoms with van der Waals surface area (Å²) < 4.78 is 0. The van der Waals surface area contributed by atoms with E-state index in [1.165, 1.54) is 24.8 Å². The molecule has 0 radical (unpaired) electrons. The Kier molecular flexibility index (Phi) is 2.53. The van der Waals surface area contributed by atoms with Crippen LogP contribution >= 0.6 is 0 Å². The number of rotatable bonds is 4. The number of pyridine rings is 1. The molecule has 0 aliphatic heterocycles. The van der Waals surface area contributed by atoms with Crippen LogP contribution in [-0.2, 0) is 0 Å². The Labute approximate surface area is 94.0 Å². The van der Waals surface area contributed by atoms with Gasteiger partial charge in [-0.05, 0) is 17.8 Å². The Balaban J connectivity index is 1.95. The summed E-state index contributed by atoms with van der Waals surface area (Å²) in [6, 6.07) is 2.86. The smallest absolute Gasteiger partial charge is 0.274 e. The van der Waals surface area contributed by atoms with Gasteiger partial charge in [0.05, 0.1) is 11.0 Å². The van der Waals surface area contributed by atoms with Crippen LogP contribution in [0.4, 0.5) is 11.5 Å². The third-order valence-electron chi connectivity index (χ3n) is 3.20. The molecule has 0 spiro atoms. The van der Waals surface area contributed by atoms with Gasteiger partial charge in [0.15, 0.2) is 0 Å². The molecule has 86 valence electrons. The number of anilines is 1. The van der Waals surface area contributed by atoms with Crippen molar-refractivity contribution in [3.05, 3.63) is 28.4 Å². The van der Waals surface area contributed by atoms with Gasteiger partial charge in [0, 0.05) is 18.8 Å². The van der Waals surface area contributed by atoms with Crippen molar-refractivity contribution < 1.29 is 4.92 Å². The van der Waals surface area contributed by atoms with Crippen molar-refractivity contribution in [2.45, 2.75) is 20.3 Å². The first-order valence-corrected chi connectivity index (χ1v) is 5.33. The minimum atomic E-state index is -0.409. The molecule has 1 aliphatic rings. The second kappa shape index (κ2) is 3.73. The summed E-state index contributed by atoms with van der Waals surface area (Å²) in [6.45, 7) is 5.28. The van der Waals surface area contributed by atoms with E-state index in [1.807, 2.05) is 0 Å². The second-order valence-electron chi connectivity index (χ2n) is 4.93. The minimum absolute atomic E-state index is 0.0764. The highest BCUT2D eigenvalue weighted by Gasteiger charge is 2.44. The van der Waals surface area contributed by atoms with Gasteiger partial charge in [-0.15, -0.1) is 0 Å². The number of hydrogen-bond acceptors (Lipinski definition) is 4. The molecule has 0 saturated heterocycles. The van der Waals surface area contributed by atoms with E-state index in [-0.39, 0.29) is 5.69 Å². The first kappa shape index (κ1) is 10.9. The zero-order valence-electron chi connectivity index (χ0n) is 9.43. The Morgan fingerprint density at radius 3 is 2.94 bits per heavy atom. The van der Waals surface area contributed by atoms with E-state index in [0.717, 1.165) is 6.54 Å². The van der Waals surface area contributed by atoms with Crippen molar-refractivity contribution in [2.75, 3.05) is 11.9 Å². The summed E-state index contributed by atoms with van der Waals surface area (Å²) in [4.78, 5) is 14.2. The monoisotopic (exact) mass is 221 g/mol. The Morgan fingerprint density at radius 2 is 2.38 bits per heavy atom. The molecule has 1 atom stereocenters. The Morgan fingerprint density at radius 1 is 1.69 bits per heavy atom. The average Bonchev–Trinajstić information content (AvgIpc) is 2.84.